The highest BCUT2D eigenvalue weighted by Gasteiger charge is 2.30. The largest absolute Gasteiger partial charge is 0.342 e. The van der Waals surface area contributed by atoms with Crippen LogP contribution in [0, 0.1) is 0 Å². The maximum absolute atomic E-state index is 11.8. The summed E-state index contributed by atoms with van der Waals surface area (Å²) in [6.45, 7) is 6.21. The quantitative estimate of drug-likeness (QED) is 0.536. The van der Waals surface area contributed by atoms with Crippen molar-refractivity contribution in [2.45, 2.75) is 18.2 Å². The average molecular weight is 263 g/mol. The molecule has 0 aromatic rings. The number of nitrogens with zero attached hydrogens (tertiary/aromatic N) is 2. The Morgan fingerprint density at radius 3 is 2.14 bits per heavy atom. The second-order valence-electron chi connectivity index (χ2n) is 3.91. The van der Waals surface area contributed by atoms with E-state index in [1.54, 1.807) is 9.80 Å². The maximum Gasteiger partial charge on any atom is 0.239 e. The number of piperazine rings is 1. The molecule has 14 heavy (non-hydrogen) atoms. The smallest absolute Gasteiger partial charge is 0.239 e. The first-order chi connectivity index (χ1) is 6.45. The van der Waals surface area contributed by atoms with Crippen molar-refractivity contribution in [1.29, 1.82) is 0 Å². The van der Waals surface area contributed by atoms with E-state index in [9.17, 15) is 9.59 Å². The molecule has 0 N–H and O–H groups in total. The maximum atomic E-state index is 11.8. The van der Waals surface area contributed by atoms with Crippen molar-refractivity contribution in [3.05, 3.63) is 0 Å². The van der Waals surface area contributed by atoms with Crippen LogP contribution in [0.1, 0.15) is 13.8 Å². The van der Waals surface area contributed by atoms with Gasteiger partial charge in [-0.05, 0) is 13.8 Å². The molecule has 80 valence electrons. The van der Waals surface area contributed by atoms with Gasteiger partial charge in [0.25, 0.3) is 0 Å². The van der Waals surface area contributed by atoms with E-state index in [4.69, 9.17) is 0 Å². The van der Waals surface area contributed by atoms with Crippen molar-refractivity contribution < 1.29 is 9.59 Å². The molecule has 1 rings (SSSR count). The van der Waals surface area contributed by atoms with Crippen LogP contribution in [-0.4, -0.2) is 52.6 Å². The lowest BCUT2D eigenvalue weighted by Crippen LogP contribution is -2.52. The molecule has 2 amide bonds. The van der Waals surface area contributed by atoms with Gasteiger partial charge in [0.15, 0.2) is 0 Å². The lowest BCUT2D eigenvalue weighted by molar-refractivity contribution is -0.136. The van der Waals surface area contributed by atoms with E-state index in [0.717, 1.165) is 6.41 Å². The minimum Gasteiger partial charge on any atom is -0.342 e. The SMILES string of the molecule is CC(C)(Br)C(=O)N1CCN(C=O)CC1. The molecule has 1 fully saturated rings. The molecular formula is C9H15BrN2O2. The number of rotatable bonds is 2. The van der Waals surface area contributed by atoms with Crippen LogP contribution in [-0.2, 0) is 9.59 Å². The predicted octanol–water partition coefficient (Wildman–Crippen LogP) is 0.461. The predicted molar refractivity (Wildman–Crippen MR) is 57.2 cm³/mol. The Hall–Kier alpha value is -0.580. The summed E-state index contributed by atoms with van der Waals surface area (Å²) in [7, 11) is 0. The van der Waals surface area contributed by atoms with Gasteiger partial charge in [-0.3, -0.25) is 9.59 Å². The molecule has 1 aliphatic heterocycles. The lowest BCUT2D eigenvalue weighted by atomic mass is 10.1. The fourth-order valence-corrected chi connectivity index (χ4v) is 1.66. The highest BCUT2D eigenvalue weighted by Crippen LogP contribution is 2.19. The third-order valence-electron chi connectivity index (χ3n) is 2.26. The summed E-state index contributed by atoms with van der Waals surface area (Å²) in [5.41, 5.74) is 0. The van der Waals surface area contributed by atoms with Crippen LogP contribution in [0.25, 0.3) is 0 Å². The Balaban J connectivity index is 2.50. The Labute approximate surface area is 92.4 Å². The molecule has 1 saturated heterocycles. The van der Waals surface area contributed by atoms with Gasteiger partial charge < -0.3 is 9.80 Å². The Bertz CT molecular complexity index is 229. The Morgan fingerprint density at radius 2 is 1.79 bits per heavy atom. The van der Waals surface area contributed by atoms with E-state index in [0.29, 0.717) is 26.2 Å². The van der Waals surface area contributed by atoms with E-state index < -0.39 is 4.32 Å². The van der Waals surface area contributed by atoms with Gasteiger partial charge >= 0.3 is 0 Å². The van der Waals surface area contributed by atoms with Gasteiger partial charge in [0.05, 0.1) is 4.32 Å². The summed E-state index contributed by atoms with van der Waals surface area (Å²) in [5.74, 6) is 0.0862. The fourth-order valence-electron chi connectivity index (χ4n) is 1.41. The van der Waals surface area contributed by atoms with E-state index in [1.165, 1.54) is 0 Å². The monoisotopic (exact) mass is 262 g/mol. The first-order valence-corrected chi connectivity index (χ1v) is 5.42. The van der Waals surface area contributed by atoms with Crippen LogP contribution >= 0.6 is 15.9 Å². The van der Waals surface area contributed by atoms with Gasteiger partial charge in [0.2, 0.25) is 12.3 Å². The zero-order valence-corrected chi connectivity index (χ0v) is 10.1. The number of carbonyl (C=O) groups excluding carboxylic acids is 2. The molecule has 5 heteroatoms. The van der Waals surface area contributed by atoms with Crippen molar-refractivity contribution in [3.63, 3.8) is 0 Å². The molecular weight excluding hydrogens is 248 g/mol. The summed E-state index contributed by atoms with van der Waals surface area (Å²) in [6.07, 6.45) is 0.834. The van der Waals surface area contributed by atoms with Crippen molar-refractivity contribution in [1.82, 2.24) is 9.80 Å². The highest BCUT2D eigenvalue weighted by molar-refractivity contribution is 9.10. The molecule has 0 radical (unpaired) electrons. The number of carbonyl (C=O) groups is 2. The third kappa shape index (κ3) is 2.70. The van der Waals surface area contributed by atoms with Crippen LogP contribution in [0.2, 0.25) is 0 Å². The Morgan fingerprint density at radius 1 is 1.29 bits per heavy atom. The number of alkyl halides is 1. The van der Waals surface area contributed by atoms with Gasteiger partial charge in [-0.1, -0.05) is 15.9 Å². The molecule has 1 heterocycles. The van der Waals surface area contributed by atoms with Crippen molar-refractivity contribution in [2.24, 2.45) is 0 Å². The van der Waals surface area contributed by atoms with Crippen LogP contribution < -0.4 is 0 Å². The minimum atomic E-state index is -0.504. The third-order valence-corrected chi connectivity index (χ3v) is 2.60. The summed E-state index contributed by atoms with van der Waals surface area (Å²) >= 11 is 3.34. The van der Waals surface area contributed by atoms with Crippen LogP contribution in [0.3, 0.4) is 0 Å². The average Bonchev–Trinajstić information content (AvgIpc) is 2.15. The zero-order chi connectivity index (χ0) is 10.8. The summed E-state index contributed by atoms with van der Waals surface area (Å²) in [4.78, 5) is 25.7. The van der Waals surface area contributed by atoms with Crippen molar-refractivity contribution in [2.75, 3.05) is 26.2 Å². The molecule has 0 spiro atoms. The molecule has 0 aromatic heterocycles. The van der Waals surface area contributed by atoms with Crippen molar-refractivity contribution >= 4 is 28.2 Å². The molecule has 0 aliphatic carbocycles. The van der Waals surface area contributed by atoms with Gasteiger partial charge in [-0.25, -0.2) is 0 Å². The topological polar surface area (TPSA) is 40.6 Å². The Kier molecular flexibility index (Phi) is 3.53. The number of amides is 2. The van der Waals surface area contributed by atoms with Crippen molar-refractivity contribution in [3.8, 4) is 0 Å². The highest BCUT2D eigenvalue weighted by atomic mass is 79.9. The fraction of sp³-hybridized carbons (Fsp3) is 0.778. The number of hydrogen-bond acceptors (Lipinski definition) is 2. The van der Waals surface area contributed by atoms with E-state index in [1.807, 2.05) is 13.8 Å². The molecule has 4 nitrogen and oxygen atoms in total. The first kappa shape index (κ1) is 11.5. The number of hydrogen-bond donors (Lipinski definition) is 0. The second-order valence-corrected chi connectivity index (χ2v) is 5.89. The lowest BCUT2D eigenvalue weighted by Gasteiger charge is -2.35. The first-order valence-electron chi connectivity index (χ1n) is 4.63. The van der Waals surface area contributed by atoms with E-state index in [2.05, 4.69) is 15.9 Å². The van der Waals surface area contributed by atoms with Gasteiger partial charge in [0, 0.05) is 26.2 Å². The second kappa shape index (κ2) is 4.29. The zero-order valence-electron chi connectivity index (χ0n) is 8.49. The van der Waals surface area contributed by atoms with Gasteiger partial charge in [-0.2, -0.15) is 0 Å². The van der Waals surface area contributed by atoms with E-state index in [-0.39, 0.29) is 5.91 Å². The van der Waals surface area contributed by atoms with Crippen LogP contribution in [0.5, 0.6) is 0 Å². The molecule has 0 saturated carbocycles. The minimum absolute atomic E-state index is 0.0862. The summed E-state index contributed by atoms with van der Waals surface area (Å²) in [6, 6.07) is 0. The van der Waals surface area contributed by atoms with Gasteiger partial charge in [0.1, 0.15) is 0 Å². The molecule has 1 aliphatic rings. The summed E-state index contributed by atoms with van der Waals surface area (Å²) < 4.78 is -0.504. The normalized spacial score (nSPS) is 18.2. The van der Waals surface area contributed by atoms with Crippen LogP contribution in [0.4, 0.5) is 0 Å². The standard InChI is InChI=1S/C9H15BrN2O2/c1-9(2,10)8(14)12-5-3-11(7-13)4-6-12/h7H,3-6H2,1-2H3. The summed E-state index contributed by atoms with van der Waals surface area (Å²) in [5, 5.41) is 0. The molecule has 0 bridgehead atoms. The molecule has 0 aromatic carbocycles. The molecule has 0 unspecified atom stereocenters. The van der Waals surface area contributed by atoms with Gasteiger partial charge in [-0.15, -0.1) is 0 Å². The number of halogens is 1. The molecule has 0 atom stereocenters. The van der Waals surface area contributed by atoms with E-state index >= 15 is 0 Å². The van der Waals surface area contributed by atoms with Crippen LogP contribution in [0.15, 0.2) is 0 Å².